The second-order valence-electron chi connectivity index (χ2n) is 7.11. The lowest BCUT2D eigenvalue weighted by atomic mass is 9.90. The highest BCUT2D eigenvalue weighted by atomic mass is 19.1. The standard InChI is InChI=1S/C19H28FN3O2/c1-13(2)18(21)19(25)22-12-17(24)23-9-7-14(8-10-23)11-15-5-3-4-6-16(15)20/h3-6,13-14,18H,7-12,21H2,1-2H3,(H,22,25)/t18-/m0/s1. The van der Waals surface area contributed by atoms with Crippen molar-refractivity contribution in [2.75, 3.05) is 19.6 Å². The number of nitrogens with two attached hydrogens (primary N) is 1. The van der Waals surface area contributed by atoms with Crippen LogP contribution in [0.1, 0.15) is 32.3 Å². The molecule has 0 unspecified atom stereocenters. The lowest BCUT2D eigenvalue weighted by Crippen LogP contribution is -2.49. The molecule has 0 radical (unpaired) electrons. The molecule has 0 bridgehead atoms. The number of nitrogens with zero attached hydrogens (tertiary/aromatic N) is 1. The van der Waals surface area contributed by atoms with Crippen LogP contribution in [0.2, 0.25) is 0 Å². The van der Waals surface area contributed by atoms with Crippen LogP contribution in [-0.4, -0.2) is 42.4 Å². The van der Waals surface area contributed by atoms with Gasteiger partial charge in [-0.15, -0.1) is 0 Å². The minimum atomic E-state index is -0.598. The smallest absolute Gasteiger partial charge is 0.241 e. The quantitative estimate of drug-likeness (QED) is 0.821. The molecular weight excluding hydrogens is 321 g/mol. The summed E-state index contributed by atoms with van der Waals surface area (Å²) in [6, 6.07) is 6.25. The molecular formula is C19H28FN3O2. The highest BCUT2D eigenvalue weighted by Crippen LogP contribution is 2.22. The zero-order valence-electron chi connectivity index (χ0n) is 15.0. The molecule has 5 nitrogen and oxygen atoms in total. The number of halogens is 1. The van der Waals surface area contributed by atoms with E-state index in [9.17, 15) is 14.0 Å². The summed E-state index contributed by atoms with van der Waals surface area (Å²) in [5.74, 6) is -0.134. The van der Waals surface area contributed by atoms with Gasteiger partial charge in [-0.1, -0.05) is 32.0 Å². The van der Waals surface area contributed by atoms with Crippen molar-refractivity contribution >= 4 is 11.8 Å². The summed E-state index contributed by atoms with van der Waals surface area (Å²) < 4.78 is 13.7. The molecule has 1 heterocycles. The van der Waals surface area contributed by atoms with Gasteiger partial charge in [0, 0.05) is 13.1 Å². The first-order chi connectivity index (χ1) is 11.9. The van der Waals surface area contributed by atoms with E-state index >= 15 is 0 Å². The van der Waals surface area contributed by atoms with E-state index in [0.717, 1.165) is 18.4 Å². The fraction of sp³-hybridized carbons (Fsp3) is 0.579. The van der Waals surface area contributed by atoms with E-state index in [1.165, 1.54) is 6.07 Å². The minimum Gasteiger partial charge on any atom is -0.346 e. The van der Waals surface area contributed by atoms with Crippen molar-refractivity contribution in [3.8, 4) is 0 Å². The Hall–Kier alpha value is -1.95. The number of hydrogen-bond donors (Lipinski definition) is 2. The molecule has 2 rings (SSSR count). The molecule has 1 aromatic rings. The van der Waals surface area contributed by atoms with Gasteiger partial charge in [0.05, 0.1) is 12.6 Å². The Labute approximate surface area is 148 Å². The third kappa shape index (κ3) is 5.53. The molecule has 1 aromatic carbocycles. The van der Waals surface area contributed by atoms with Gasteiger partial charge in [-0.05, 0) is 42.7 Å². The van der Waals surface area contributed by atoms with Crippen molar-refractivity contribution < 1.29 is 14.0 Å². The van der Waals surface area contributed by atoms with Crippen LogP contribution in [0.3, 0.4) is 0 Å². The van der Waals surface area contributed by atoms with Crippen LogP contribution in [0.5, 0.6) is 0 Å². The van der Waals surface area contributed by atoms with Crippen molar-refractivity contribution in [3.05, 3.63) is 35.6 Å². The van der Waals surface area contributed by atoms with Gasteiger partial charge in [-0.25, -0.2) is 4.39 Å². The number of likely N-dealkylation sites (tertiary alicyclic amines) is 1. The lowest BCUT2D eigenvalue weighted by Gasteiger charge is -2.32. The largest absolute Gasteiger partial charge is 0.346 e. The molecule has 0 spiro atoms. The maximum absolute atomic E-state index is 13.7. The number of rotatable bonds is 6. The number of benzene rings is 1. The maximum Gasteiger partial charge on any atom is 0.241 e. The van der Waals surface area contributed by atoms with Crippen LogP contribution in [0, 0.1) is 17.7 Å². The van der Waals surface area contributed by atoms with E-state index in [-0.39, 0.29) is 30.1 Å². The number of amides is 2. The van der Waals surface area contributed by atoms with E-state index in [1.807, 2.05) is 26.0 Å². The number of carbonyl (C=O) groups is 2. The molecule has 0 aromatic heterocycles. The van der Waals surface area contributed by atoms with Crippen molar-refractivity contribution in [1.82, 2.24) is 10.2 Å². The molecule has 2 amide bonds. The zero-order chi connectivity index (χ0) is 18.4. The highest BCUT2D eigenvalue weighted by Gasteiger charge is 2.24. The van der Waals surface area contributed by atoms with Crippen LogP contribution in [-0.2, 0) is 16.0 Å². The van der Waals surface area contributed by atoms with E-state index in [0.29, 0.717) is 25.4 Å². The molecule has 3 N–H and O–H groups in total. The number of hydrogen-bond acceptors (Lipinski definition) is 3. The summed E-state index contributed by atoms with van der Waals surface area (Å²) in [7, 11) is 0. The molecule has 0 saturated carbocycles. The summed E-state index contributed by atoms with van der Waals surface area (Å²) in [6.07, 6.45) is 2.40. The Bertz CT molecular complexity index is 598. The van der Waals surface area contributed by atoms with Crippen LogP contribution in [0.25, 0.3) is 0 Å². The molecule has 1 aliphatic rings. The topological polar surface area (TPSA) is 75.4 Å². The normalized spacial score (nSPS) is 16.8. The van der Waals surface area contributed by atoms with E-state index in [2.05, 4.69) is 5.32 Å². The molecule has 1 atom stereocenters. The van der Waals surface area contributed by atoms with Crippen molar-refractivity contribution in [1.29, 1.82) is 0 Å². The van der Waals surface area contributed by atoms with Crippen LogP contribution in [0.4, 0.5) is 4.39 Å². The average molecular weight is 349 g/mol. The fourth-order valence-corrected chi connectivity index (χ4v) is 3.06. The molecule has 1 fully saturated rings. The van der Waals surface area contributed by atoms with Crippen LogP contribution >= 0.6 is 0 Å². The summed E-state index contributed by atoms with van der Waals surface area (Å²) in [5.41, 5.74) is 6.50. The van der Waals surface area contributed by atoms with Gasteiger partial charge < -0.3 is 16.0 Å². The first-order valence-electron chi connectivity index (χ1n) is 8.93. The van der Waals surface area contributed by atoms with Gasteiger partial charge in [-0.2, -0.15) is 0 Å². The molecule has 1 saturated heterocycles. The minimum absolute atomic E-state index is 0.0166. The van der Waals surface area contributed by atoms with Gasteiger partial charge in [0.2, 0.25) is 11.8 Å². The molecule has 0 aliphatic carbocycles. The van der Waals surface area contributed by atoms with Crippen LogP contribution in [0.15, 0.2) is 24.3 Å². The number of carbonyl (C=O) groups excluding carboxylic acids is 2. The third-order valence-corrected chi connectivity index (χ3v) is 4.87. The van der Waals surface area contributed by atoms with Gasteiger partial charge in [0.25, 0.3) is 0 Å². The summed E-state index contributed by atoms with van der Waals surface area (Å²) in [5, 5.41) is 2.61. The lowest BCUT2D eigenvalue weighted by molar-refractivity contribution is -0.134. The Kier molecular flexibility index (Phi) is 6.93. The Morgan fingerprint density at radius 1 is 1.28 bits per heavy atom. The van der Waals surface area contributed by atoms with Crippen molar-refractivity contribution in [3.63, 3.8) is 0 Å². The Morgan fingerprint density at radius 3 is 2.52 bits per heavy atom. The van der Waals surface area contributed by atoms with Gasteiger partial charge >= 0.3 is 0 Å². The molecule has 138 valence electrons. The van der Waals surface area contributed by atoms with E-state index in [4.69, 9.17) is 5.73 Å². The highest BCUT2D eigenvalue weighted by molar-refractivity contribution is 5.87. The predicted octanol–water partition coefficient (Wildman–Crippen LogP) is 1.71. The predicted molar refractivity (Wildman–Crippen MR) is 95.2 cm³/mol. The molecule has 6 heteroatoms. The molecule has 25 heavy (non-hydrogen) atoms. The second kappa shape index (κ2) is 8.94. The number of nitrogens with one attached hydrogen (secondary N) is 1. The zero-order valence-corrected chi connectivity index (χ0v) is 15.0. The summed E-state index contributed by atoms with van der Waals surface area (Å²) >= 11 is 0. The second-order valence-corrected chi connectivity index (χ2v) is 7.11. The van der Waals surface area contributed by atoms with Crippen molar-refractivity contribution in [2.45, 2.75) is 39.2 Å². The number of piperidine rings is 1. The first kappa shape index (κ1) is 19.4. The third-order valence-electron chi connectivity index (χ3n) is 4.87. The first-order valence-corrected chi connectivity index (χ1v) is 8.93. The maximum atomic E-state index is 13.7. The molecule has 1 aliphatic heterocycles. The summed E-state index contributed by atoms with van der Waals surface area (Å²) in [4.78, 5) is 25.8. The van der Waals surface area contributed by atoms with Gasteiger partial charge in [0.1, 0.15) is 5.82 Å². The van der Waals surface area contributed by atoms with E-state index in [1.54, 1.807) is 11.0 Å². The summed E-state index contributed by atoms with van der Waals surface area (Å²) in [6.45, 7) is 5.00. The Balaban J connectivity index is 1.75. The van der Waals surface area contributed by atoms with Crippen LogP contribution < -0.4 is 11.1 Å². The monoisotopic (exact) mass is 349 g/mol. The van der Waals surface area contributed by atoms with Gasteiger partial charge in [-0.3, -0.25) is 9.59 Å². The van der Waals surface area contributed by atoms with E-state index < -0.39 is 6.04 Å². The SMILES string of the molecule is CC(C)[C@H](N)C(=O)NCC(=O)N1CCC(Cc2ccccc2F)CC1. The van der Waals surface area contributed by atoms with Gasteiger partial charge in [0.15, 0.2) is 0 Å². The Morgan fingerprint density at radius 2 is 1.92 bits per heavy atom. The van der Waals surface area contributed by atoms with Crippen molar-refractivity contribution in [2.24, 2.45) is 17.6 Å². The average Bonchev–Trinajstić information content (AvgIpc) is 2.61. The fourth-order valence-electron chi connectivity index (χ4n) is 3.06.